The summed E-state index contributed by atoms with van der Waals surface area (Å²) in [6.45, 7) is 3.54. The fraction of sp³-hybridized carbons (Fsp3) is 0.455. The normalized spacial score (nSPS) is 20.3. The van der Waals surface area contributed by atoms with E-state index in [2.05, 4.69) is 5.32 Å². The van der Waals surface area contributed by atoms with E-state index < -0.39 is 11.9 Å². The summed E-state index contributed by atoms with van der Waals surface area (Å²) in [6.07, 6.45) is 0. The summed E-state index contributed by atoms with van der Waals surface area (Å²) in [6, 6.07) is -0.546. The van der Waals surface area contributed by atoms with Gasteiger partial charge >= 0.3 is 0 Å². The van der Waals surface area contributed by atoms with Gasteiger partial charge in [-0.25, -0.2) is 0 Å². The molecule has 0 radical (unpaired) electrons. The molecule has 0 aliphatic carbocycles. The molecule has 1 aromatic rings. The van der Waals surface area contributed by atoms with Crippen LogP contribution in [0.3, 0.4) is 0 Å². The van der Waals surface area contributed by atoms with Crippen molar-refractivity contribution < 1.29 is 9.59 Å². The first-order valence-corrected chi connectivity index (χ1v) is 6.39. The van der Waals surface area contributed by atoms with Gasteiger partial charge in [-0.1, -0.05) is 0 Å². The lowest BCUT2D eigenvalue weighted by Gasteiger charge is -2.34. The highest BCUT2D eigenvalue weighted by atomic mass is 32.1. The zero-order chi connectivity index (χ0) is 12.4. The van der Waals surface area contributed by atoms with Crippen molar-refractivity contribution in [3.63, 3.8) is 0 Å². The van der Waals surface area contributed by atoms with Crippen molar-refractivity contribution in [3.05, 3.63) is 21.9 Å². The summed E-state index contributed by atoms with van der Waals surface area (Å²) in [5.41, 5.74) is 6.93. The first-order valence-electron chi connectivity index (χ1n) is 5.45. The molecular weight excluding hydrogens is 238 g/mol. The first-order chi connectivity index (χ1) is 8.11. The van der Waals surface area contributed by atoms with Gasteiger partial charge in [-0.3, -0.25) is 9.59 Å². The Morgan fingerprint density at radius 3 is 2.88 bits per heavy atom. The highest BCUT2D eigenvalue weighted by Gasteiger charge is 2.31. The molecule has 0 saturated carbocycles. The third-order valence-electron chi connectivity index (χ3n) is 2.92. The molecule has 0 spiro atoms. The second kappa shape index (κ2) is 4.85. The Morgan fingerprint density at radius 2 is 2.29 bits per heavy atom. The number of hydrogen-bond donors (Lipinski definition) is 2. The predicted octanol–water partition coefficient (Wildman–Crippen LogP) is -0.0442. The van der Waals surface area contributed by atoms with Crippen LogP contribution in [0.25, 0.3) is 0 Å². The molecule has 17 heavy (non-hydrogen) atoms. The van der Waals surface area contributed by atoms with Gasteiger partial charge in [0.2, 0.25) is 5.91 Å². The number of hydrogen-bond acceptors (Lipinski definition) is 4. The number of nitrogens with one attached hydrogen (secondary N) is 1. The number of carbonyl (C=O) groups is 2. The lowest BCUT2D eigenvalue weighted by molar-refractivity contribution is -0.122. The molecule has 1 saturated heterocycles. The minimum atomic E-state index is -0.546. The number of rotatable bonds is 2. The Kier molecular flexibility index (Phi) is 3.44. The van der Waals surface area contributed by atoms with Crippen molar-refractivity contribution in [1.82, 2.24) is 10.2 Å². The molecule has 1 aliphatic heterocycles. The standard InChI is InChI=1S/C11H15N3O2S/c1-7-5-17-6-8(7)11(16)14-3-2-13-4-9(14)10(12)15/h5-6,9,13H,2-4H2,1H3,(H2,12,15). The maximum atomic E-state index is 12.3. The minimum Gasteiger partial charge on any atom is -0.368 e. The molecule has 1 aromatic heterocycles. The summed E-state index contributed by atoms with van der Waals surface area (Å²) >= 11 is 1.49. The van der Waals surface area contributed by atoms with Gasteiger partial charge in [0.15, 0.2) is 0 Å². The monoisotopic (exact) mass is 253 g/mol. The highest BCUT2D eigenvalue weighted by molar-refractivity contribution is 7.08. The van der Waals surface area contributed by atoms with E-state index in [0.717, 1.165) is 5.56 Å². The number of amides is 2. The van der Waals surface area contributed by atoms with Crippen molar-refractivity contribution in [2.75, 3.05) is 19.6 Å². The molecule has 2 heterocycles. The topological polar surface area (TPSA) is 75.4 Å². The molecule has 6 heteroatoms. The number of nitrogens with two attached hydrogens (primary N) is 1. The summed E-state index contributed by atoms with van der Waals surface area (Å²) in [5, 5.41) is 6.81. The molecule has 1 atom stereocenters. The summed E-state index contributed by atoms with van der Waals surface area (Å²) in [7, 11) is 0. The van der Waals surface area contributed by atoms with Crippen LogP contribution in [-0.4, -0.2) is 42.4 Å². The molecular formula is C11H15N3O2S. The Balaban J connectivity index is 2.23. The Labute approximate surface area is 104 Å². The summed E-state index contributed by atoms with van der Waals surface area (Å²) in [4.78, 5) is 25.2. The van der Waals surface area contributed by atoms with Crippen LogP contribution in [-0.2, 0) is 4.79 Å². The molecule has 92 valence electrons. The molecule has 1 fully saturated rings. The number of primary amides is 1. The van der Waals surface area contributed by atoms with Crippen molar-refractivity contribution in [3.8, 4) is 0 Å². The van der Waals surface area contributed by atoms with Crippen LogP contribution in [0.5, 0.6) is 0 Å². The predicted molar refractivity (Wildman–Crippen MR) is 65.9 cm³/mol. The van der Waals surface area contributed by atoms with Gasteiger partial charge in [-0.05, 0) is 17.9 Å². The van der Waals surface area contributed by atoms with E-state index in [1.165, 1.54) is 11.3 Å². The molecule has 0 bridgehead atoms. The number of nitrogens with zero attached hydrogens (tertiary/aromatic N) is 1. The van der Waals surface area contributed by atoms with Crippen LogP contribution in [0.2, 0.25) is 0 Å². The van der Waals surface area contributed by atoms with Crippen molar-refractivity contribution in [2.24, 2.45) is 5.73 Å². The van der Waals surface area contributed by atoms with E-state index in [1.807, 2.05) is 17.7 Å². The number of piperazine rings is 1. The Bertz CT molecular complexity index is 444. The number of carbonyl (C=O) groups excluding carboxylic acids is 2. The average Bonchev–Trinajstić information content (AvgIpc) is 2.74. The zero-order valence-corrected chi connectivity index (χ0v) is 10.4. The van der Waals surface area contributed by atoms with Crippen LogP contribution < -0.4 is 11.1 Å². The maximum absolute atomic E-state index is 12.3. The molecule has 1 unspecified atom stereocenters. The third-order valence-corrected chi connectivity index (χ3v) is 3.78. The molecule has 2 rings (SSSR count). The largest absolute Gasteiger partial charge is 0.368 e. The lowest BCUT2D eigenvalue weighted by Crippen LogP contribution is -2.58. The van der Waals surface area contributed by atoms with Gasteiger partial charge in [-0.2, -0.15) is 11.3 Å². The third kappa shape index (κ3) is 2.32. The quantitative estimate of drug-likeness (QED) is 0.776. The van der Waals surface area contributed by atoms with Crippen LogP contribution in [0.15, 0.2) is 10.8 Å². The fourth-order valence-electron chi connectivity index (χ4n) is 1.94. The van der Waals surface area contributed by atoms with Gasteiger partial charge in [0.05, 0.1) is 5.56 Å². The fourth-order valence-corrected chi connectivity index (χ4v) is 2.76. The van der Waals surface area contributed by atoms with Crippen molar-refractivity contribution in [1.29, 1.82) is 0 Å². The Hall–Kier alpha value is -1.40. The van der Waals surface area contributed by atoms with Crippen LogP contribution in [0, 0.1) is 6.92 Å². The average molecular weight is 253 g/mol. The van der Waals surface area contributed by atoms with Gasteiger partial charge in [0, 0.05) is 25.0 Å². The van der Waals surface area contributed by atoms with Crippen LogP contribution >= 0.6 is 11.3 Å². The summed E-state index contributed by atoms with van der Waals surface area (Å²) in [5.74, 6) is -0.563. The van der Waals surface area contributed by atoms with E-state index in [0.29, 0.717) is 25.2 Å². The molecule has 2 amide bonds. The molecule has 3 N–H and O–H groups in total. The molecule has 1 aliphatic rings. The first kappa shape index (κ1) is 12.1. The SMILES string of the molecule is Cc1cscc1C(=O)N1CCNCC1C(N)=O. The zero-order valence-electron chi connectivity index (χ0n) is 9.60. The van der Waals surface area contributed by atoms with E-state index in [4.69, 9.17) is 5.73 Å². The lowest BCUT2D eigenvalue weighted by atomic mass is 10.1. The molecule has 0 aromatic carbocycles. The van der Waals surface area contributed by atoms with E-state index in [1.54, 1.807) is 4.90 Å². The maximum Gasteiger partial charge on any atom is 0.255 e. The smallest absolute Gasteiger partial charge is 0.255 e. The van der Waals surface area contributed by atoms with Crippen LogP contribution in [0.4, 0.5) is 0 Å². The second-order valence-electron chi connectivity index (χ2n) is 4.09. The molecule has 5 nitrogen and oxygen atoms in total. The van der Waals surface area contributed by atoms with Gasteiger partial charge in [0.25, 0.3) is 5.91 Å². The Morgan fingerprint density at radius 1 is 1.53 bits per heavy atom. The van der Waals surface area contributed by atoms with E-state index >= 15 is 0 Å². The van der Waals surface area contributed by atoms with Crippen molar-refractivity contribution >= 4 is 23.2 Å². The van der Waals surface area contributed by atoms with Gasteiger partial charge in [-0.15, -0.1) is 0 Å². The van der Waals surface area contributed by atoms with Gasteiger partial charge < -0.3 is 16.0 Å². The number of aryl methyl sites for hydroxylation is 1. The highest BCUT2D eigenvalue weighted by Crippen LogP contribution is 2.18. The van der Waals surface area contributed by atoms with Crippen molar-refractivity contribution in [2.45, 2.75) is 13.0 Å². The minimum absolute atomic E-state index is 0.103. The van der Waals surface area contributed by atoms with E-state index in [9.17, 15) is 9.59 Å². The second-order valence-corrected chi connectivity index (χ2v) is 4.83. The van der Waals surface area contributed by atoms with Crippen LogP contribution in [0.1, 0.15) is 15.9 Å². The van der Waals surface area contributed by atoms with E-state index in [-0.39, 0.29) is 5.91 Å². The number of thiophene rings is 1. The van der Waals surface area contributed by atoms with Gasteiger partial charge in [0.1, 0.15) is 6.04 Å². The summed E-state index contributed by atoms with van der Waals surface area (Å²) < 4.78 is 0.